The normalized spacial score (nSPS) is 12.0. The summed E-state index contributed by atoms with van der Waals surface area (Å²) in [6.07, 6.45) is -9.68. The van der Waals surface area contributed by atoms with Crippen molar-refractivity contribution >= 4 is 0 Å². The van der Waals surface area contributed by atoms with Crippen molar-refractivity contribution < 1.29 is 40.2 Å². The van der Waals surface area contributed by atoms with Crippen LogP contribution in [0.5, 0.6) is 11.5 Å². The zero-order chi connectivity index (χ0) is 21.2. The molecule has 0 saturated carbocycles. The van der Waals surface area contributed by atoms with E-state index in [4.69, 9.17) is 0 Å². The van der Waals surface area contributed by atoms with Crippen molar-refractivity contribution in [1.29, 1.82) is 0 Å². The number of hydrogen-bond acceptors (Lipinski definition) is 3. The average Bonchev–Trinajstić information content (AvgIpc) is 2.61. The maximum Gasteiger partial charge on any atom is 0.573 e. The van der Waals surface area contributed by atoms with Crippen LogP contribution in [0.15, 0.2) is 60.7 Å². The first-order valence-electron chi connectivity index (χ1n) is 7.89. The molecule has 0 aliphatic heterocycles. The van der Waals surface area contributed by atoms with Gasteiger partial charge in [0.1, 0.15) is 23.0 Å². The minimum atomic E-state index is -4.85. The fourth-order valence-electron chi connectivity index (χ4n) is 2.45. The molecule has 152 valence electrons. The number of ether oxygens (including phenoxy) is 2. The number of rotatable bonds is 4. The predicted octanol–water partition coefficient (Wildman–Crippen LogP) is 6.35. The molecule has 0 N–H and O–H groups in total. The van der Waals surface area contributed by atoms with Crippen LogP contribution < -0.4 is 9.47 Å². The first-order valence-corrected chi connectivity index (χ1v) is 7.89. The van der Waals surface area contributed by atoms with Crippen LogP contribution in [-0.4, -0.2) is 17.7 Å². The highest BCUT2D eigenvalue weighted by Crippen LogP contribution is 2.30. The fourth-order valence-corrected chi connectivity index (χ4v) is 2.45. The molecular formula is C19H10F7NO2. The van der Waals surface area contributed by atoms with E-state index >= 15 is 0 Å². The molecule has 0 fully saturated rings. The second kappa shape index (κ2) is 7.61. The minimum Gasteiger partial charge on any atom is -0.406 e. The van der Waals surface area contributed by atoms with Crippen molar-refractivity contribution in [2.75, 3.05) is 0 Å². The van der Waals surface area contributed by atoms with Crippen LogP contribution in [0.2, 0.25) is 0 Å². The topological polar surface area (TPSA) is 31.4 Å². The molecule has 0 saturated heterocycles. The second-order valence-corrected chi connectivity index (χ2v) is 5.67. The van der Waals surface area contributed by atoms with Crippen molar-refractivity contribution in [2.45, 2.75) is 12.7 Å². The fraction of sp³-hybridized carbons (Fsp3) is 0.105. The molecular weight excluding hydrogens is 407 g/mol. The third-order valence-electron chi connectivity index (χ3n) is 3.59. The SMILES string of the molecule is Fc1ccc(-c2ccc(OC(F)(F)F)cc2)nc1-c1ccc(OC(F)(F)F)cc1. The number of alkyl halides is 6. The minimum absolute atomic E-state index is 0.142. The molecule has 0 spiro atoms. The second-order valence-electron chi connectivity index (χ2n) is 5.67. The monoisotopic (exact) mass is 417 g/mol. The largest absolute Gasteiger partial charge is 0.573 e. The Hall–Kier alpha value is -3.30. The lowest BCUT2D eigenvalue weighted by Crippen LogP contribution is -2.16. The van der Waals surface area contributed by atoms with E-state index in [-0.39, 0.29) is 17.0 Å². The summed E-state index contributed by atoms with van der Waals surface area (Å²) in [6, 6.07) is 11.6. The van der Waals surface area contributed by atoms with E-state index in [0.717, 1.165) is 30.3 Å². The lowest BCUT2D eigenvalue weighted by Gasteiger charge is -2.11. The summed E-state index contributed by atoms with van der Waals surface area (Å²) in [6.45, 7) is 0. The Bertz CT molecular complexity index is 981. The summed E-state index contributed by atoms with van der Waals surface area (Å²) in [5.41, 5.74) is 0.681. The molecule has 10 heteroatoms. The van der Waals surface area contributed by atoms with Gasteiger partial charge in [-0.05, 0) is 60.7 Å². The molecule has 0 aliphatic carbocycles. The van der Waals surface area contributed by atoms with Gasteiger partial charge in [-0.2, -0.15) is 0 Å². The van der Waals surface area contributed by atoms with Crippen LogP contribution in [0, 0.1) is 5.82 Å². The Morgan fingerprint density at radius 2 is 1.03 bits per heavy atom. The number of halogens is 7. The molecule has 2 aromatic carbocycles. The van der Waals surface area contributed by atoms with Gasteiger partial charge in [-0.15, -0.1) is 26.3 Å². The van der Waals surface area contributed by atoms with Gasteiger partial charge >= 0.3 is 12.7 Å². The Morgan fingerprint density at radius 1 is 0.586 bits per heavy atom. The third kappa shape index (κ3) is 5.59. The first-order chi connectivity index (χ1) is 13.5. The molecule has 3 rings (SSSR count). The van der Waals surface area contributed by atoms with Crippen molar-refractivity contribution in [3.63, 3.8) is 0 Å². The van der Waals surface area contributed by atoms with E-state index in [1.807, 2.05) is 0 Å². The van der Waals surface area contributed by atoms with Crippen molar-refractivity contribution in [3.05, 3.63) is 66.5 Å². The molecule has 1 aromatic heterocycles. The Kier molecular flexibility index (Phi) is 5.36. The van der Waals surface area contributed by atoms with Gasteiger partial charge in [-0.25, -0.2) is 9.37 Å². The van der Waals surface area contributed by atoms with Gasteiger partial charge in [0.15, 0.2) is 0 Å². The molecule has 1 heterocycles. The zero-order valence-corrected chi connectivity index (χ0v) is 14.2. The predicted molar refractivity (Wildman–Crippen MR) is 88.4 cm³/mol. The van der Waals surface area contributed by atoms with Crippen molar-refractivity contribution in [3.8, 4) is 34.0 Å². The molecule has 0 bridgehead atoms. The van der Waals surface area contributed by atoms with Crippen molar-refractivity contribution in [2.24, 2.45) is 0 Å². The zero-order valence-electron chi connectivity index (χ0n) is 14.2. The van der Waals surface area contributed by atoms with Gasteiger partial charge in [0, 0.05) is 11.1 Å². The van der Waals surface area contributed by atoms with Gasteiger partial charge in [0.25, 0.3) is 0 Å². The van der Waals surface area contributed by atoms with Crippen LogP contribution in [0.25, 0.3) is 22.5 Å². The highest BCUT2D eigenvalue weighted by Gasteiger charge is 2.31. The maximum atomic E-state index is 14.2. The Morgan fingerprint density at radius 3 is 1.48 bits per heavy atom. The van der Waals surface area contributed by atoms with Crippen LogP contribution in [0.3, 0.4) is 0 Å². The van der Waals surface area contributed by atoms with E-state index in [1.165, 1.54) is 30.3 Å². The molecule has 0 aliphatic rings. The number of aromatic nitrogens is 1. The highest BCUT2D eigenvalue weighted by atomic mass is 19.4. The smallest absolute Gasteiger partial charge is 0.406 e. The standard InChI is InChI=1S/C19H10F7NO2/c20-15-9-10-16(11-1-5-13(6-2-11)28-18(21,22)23)27-17(15)12-3-7-14(8-4-12)29-19(24,25)26/h1-10H. The van der Waals surface area contributed by atoms with E-state index in [0.29, 0.717) is 5.56 Å². The number of benzene rings is 2. The molecule has 0 atom stereocenters. The summed E-state index contributed by atoms with van der Waals surface area (Å²) in [4.78, 5) is 4.12. The lowest BCUT2D eigenvalue weighted by atomic mass is 10.1. The number of nitrogens with zero attached hydrogens (tertiary/aromatic N) is 1. The van der Waals surface area contributed by atoms with E-state index in [9.17, 15) is 30.7 Å². The Balaban J connectivity index is 1.87. The number of hydrogen-bond donors (Lipinski definition) is 0. The highest BCUT2D eigenvalue weighted by molar-refractivity contribution is 5.67. The Labute approximate surface area is 159 Å². The van der Waals surface area contributed by atoms with Crippen LogP contribution in [0.4, 0.5) is 30.7 Å². The molecule has 0 radical (unpaired) electrons. The van der Waals surface area contributed by atoms with Gasteiger partial charge in [-0.1, -0.05) is 0 Å². The molecule has 29 heavy (non-hydrogen) atoms. The van der Waals surface area contributed by atoms with E-state index in [2.05, 4.69) is 14.5 Å². The quantitative estimate of drug-likeness (QED) is 0.464. The third-order valence-corrected chi connectivity index (χ3v) is 3.59. The lowest BCUT2D eigenvalue weighted by molar-refractivity contribution is -0.275. The van der Waals surface area contributed by atoms with E-state index in [1.54, 1.807) is 0 Å². The number of pyridine rings is 1. The summed E-state index contributed by atoms with van der Waals surface area (Å²) in [5.74, 6) is -1.63. The van der Waals surface area contributed by atoms with E-state index < -0.39 is 30.0 Å². The molecule has 3 nitrogen and oxygen atoms in total. The molecule has 3 aromatic rings. The molecule has 0 unspecified atom stereocenters. The van der Waals surface area contributed by atoms with Crippen molar-refractivity contribution in [1.82, 2.24) is 4.98 Å². The van der Waals surface area contributed by atoms with Crippen LogP contribution >= 0.6 is 0 Å². The van der Waals surface area contributed by atoms with Gasteiger partial charge in [0.2, 0.25) is 0 Å². The summed E-state index contributed by atoms with van der Waals surface area (Å²) in [7, 11) is 0. The van der Waals surface area contributed by atoms with Crippen LogP contribution in [-0.2, 0) is 0 Å². The van der Waals surface area contributed by atoms with Gasteiger partial charge in [-0.3, -0.25) is 0 Å². The average molecular weight is 417 g/mol. The molecule has 0 amide bonds. The van der Waals surface area contributed by atoms with Crippen LogP contribution in [0.1, 0.15) is 0 Å². The van der Waals surface area contributed by atoms with Gasteiger partial charge in [0.05, 0.1) is 5.69 Å². The first kappa shape index (κ1) is 20.4. The maximum absolute atomic E-state index is 14.2. The summed E-state index contributed by atoms with van der Waals surface area (Å²) < 4.78 is 95.0. The summed E-state index contributed by atoms with van der Waals surface area (Å²) in [5, 5.41) is 0. The summed E-state index contributed by atoms with van der Waals surface area (Å²) >= 11 is 0. The van der Waals surface area contributed by atoms with Gasteiger partial charge < -0.3 is 9.47 Å².